The monoisotopic (exact) mass is 437 g/mol. The summed E-state index contributed by atoms with van der Waals surface area (Å²) in [4.78, 5) is 18.0. The Balaban J connectivity index is 1.65. The van der Waals surface area contributed by atoms with Crippen LogP contribution in [-0.4, -0.2) is 30.2 Å². The molecule has 7 heteroatoms. The van der Waals surface area contributed by atoms with Crippen molar-refractivity contribution in [3.05, 3.63) is 95.2 Å². The number of imidazole rings is 1. The van der Waals surface area contributed by atoms with E-state index < -0.39 is 0 Å². The lowest BCUT2D eigenvalue weighted by Gasteiger charge is -2.18. The highest BCUT2D eigenvalue weighted by atomic mass is 16.5. The van der Waals surface area contributed by atoms with Crippen molar-refractivity contribution in [2.24, 2.45) is 0 Å². The number of aromatic nitrogens is 5. The molecule has 0 unspecified atom stereocenters. The number of hydrogen-bond acceptors (Lipinski definition) is 6. The Labute approximate surface area is 190 Å². The van der Waals surface area contributed by atoms with Crippen LogP contribution in [-0.2, 0) is 6.61 Å². The van der Waals surface area contributed by atoms with Gasteiger partial charge in [-0.2, -0.15) is 0 Å². The molecule has 0 spiro atoms. The number of aliphatic hydroxyl groups excluding tert-OH is 1. The van der Waals surface area contributed by atoms with E-state index in [4.69, 9.17) is 9.51 Å². The van der Waals surface area contributed by atoms with E-state index >= 15 is 0 Å². The van der Waals surface area contributed by atoms with Crippen molar-refractivity contribution < 1.29 is 9.63 Å². The van der Waals surface area contributed by atoms with Crippen LogP contribution in [0.5, 0.6) is 0 Å². The molecule has 1 fully saturated rings. The first kappa shape index (κ1) is 19.8. The van der Waals surface area contributed by atoms with Gasteiger partial charge in [-0.05, 0) is 67.3 Å². The fourth-order valence-corrected chi connectivity index (χ4v) is 4.54. The van der Waals surface area contributed by atoms with Gasteiger partial charge in [0.25, 0.3) is 0 Å². The molecule has 0 aliphatic heterocycles. The third-order valence-corrected chi connectivity index (χ3v) is 6.25. The number of nitrogens with one attached hydrogen (secondary N) is 1. The van der Waals surface area contributed by atoms with Gasteiger partial charge >= 0.3 is 0 Å². The van der Waals surface area contributed by atoms with Gasteiger partial charge in [0.2, 0.25) is 0 Å². The number of fused-ring (bicyclic) bond motifs is 1. The Kier molecular flexibility index (Phi) is 4.77. The van der Waals surface area contributed by atoms with Gasteiger partial charge in [0.15, 0.2) is 0 Å². The second-order valence-electron chi connectivity index (χ2n) is 8.52. The number of rotatable bonds is 6. The number of aliphatic hydroxyl groups is 1. The predicted octanol–water partition coefficient (Wildman–Crippen LogP) is 4.87. The molecule has 0 bridgehead atoms. The molecule has 6 rings (SSSR count). The fraction of sp³-hybridized carbons (Fsp3) is 0.231. The molecule has 33 heavy (non-hydrogen) atoms. The van der Waals surface area contributed by atoms with Crippen LogP contribution in [0.25, 0.3) is 22.2 Å². The topological polar surface area (TPSA) is 101 Å². The highest BCUT2D eigenvalue weighted by Crippen LogP contribution is 2.42. The third-order valence-electron chi connectivity index (χ3n) is 6.25. The molecule has 5 aromatic rings. The van der Waals surface area contributed by atoms with Crippen molar-refractivity contribution in [2.45, 2.75) is 38.2 Å². The van der Waals surface area contributed by atoms with E-state index in [1.54, 1.807) is 12.4 Å². The maximum absolute atomic E-state index is 9.86. The molecule has 1 aromatic carbocycles. The third kappa shape index (κ3) is 3.50. The van der Waals surface area contributed by atoms with Gasteiger partial charge in [0.1, 0.15) is 17.3 Å². The number of nitrogens with zero attached hydrogens (tertiary/aromatic N) is 4. The first-order valence-electron chi connectivity index (χ1n) is 11.1. The van der Waals surface area contributed by atoms with Gasteiger partial charge in [0.05, 0.1) is 34.9 Å². The van der Waals surface area contributed by atoms with E-state index in [-0.39, 0.29) is 12.5 Å². The minimum atomic E-state index is -0.206. The number of hydrogen-bond donors (Lipinski definition) is 2. The minimum absolute atomic E-state index is 0.194. The maximum Gasteiger partial charge on any atom is 0.141 e. The number of aryl methyl sites for hydroxylation is 1. The Morgan fingerprint density at radius 2 is 1.79 bits per heavy atom. The zero-order chi connectivity index (χ0) is 22.4. The molecule has 0 amide bonds. The van der Waals surface area contributed by atoms with Crippen molar-refractivity contribution in [2.75, 3.05) is 0 Å². The Bertz CT molecular complexity index is 1380. The Morgan fingerprint density at radius 1 is 1.06 bits per heavy atom. The van der Waals surface area contributed by atoms with Crippen LogP contribution in [0.4, 0.5) is 0 Å². The standard InChI is InChI=1S/C26H23N5O2/c1-15-23(22(14-32)31-33-15)17-12-18(25-21(13-17)29-26(30-25)16-8-9-16)24(19-6-2-4-10-27-19)20-7-3-5-11-28-20/h2-7,10-13,16,24,32H,8-9,14H2,1H3,(H,29,30). The van der Waals surface area contributed by atoms with Crippen molar-refractivity contribution >= 4 is 11.0 Å². The smallest absolute Gasteiger partial charge is 0.141 e. The summed E-state index contributed by atoms with van der Waals surface area (Å²) in [6, 6.07) is 16.1. The fourth-order valence-electron chi connectivity index (χ4n) is 4.54. The molecular weight excluding hydrogens is 414 g/mol. The molecule has 0 atom stereocenters. The van der Waals surface area contributed by atoms with Gasteiger partial charge in [-0.15, -0.1) is 0 Å². The van der Waals surface area contributed by atoms with Gasteiger partial charge in [-0.3, -0.25) is 9.97 Å². The highest BCUT2D eigenvalue weighted by molar-refractivity contribution is 5.87. The van der Waals surface area contributed by atoms with Crippen LogP contribution in [0.2, 0.25) is 0 Å². The molecule has 1 aliphatic rings. The molecule has 0 saturated heterocycles. The van der Waals surface area contributed by atoms with E-state index in [0.717, 1.165) is 57.8 Å². The summed E-state index contributed by atoms with van der Waals surface area (Å²) >= 11 is 0. The number of H-pyrrole nitrogens is 1. The summed E-state index contributed by atoms with van der Waals surface area (Å²) in [6.45, 7) is 1.67. The quantitative estimate of drug-likeness (QED) is 0.393. The second-order valence-corrected chi connectivity index (χ2v) is 8.52. The van der Waals surface area contributed by atoms with Crippen LogP contribution in [0, 0.1) is 6.92 Å². The minimum Gasteiger partial charge on any atom is -0.390 e. The lowest BCUT2D eigenvalue weighted by Crippen LogP contribution is -2.08. The molecule has 4 heterocycles. The van der Waals surface area contributed by atoms with E-state index in [0.29, 0.717) is 17.4 Å². The SMILES string of the molecule is Cc1onc(CO)c1-c1cc(C(c2ccccn2)c2ccccn2)c2nc(C3CC3)[nH]c2c1. The van der Waals surface area contributed by atoms with E-state index in [1.165, 1.54) is 0 Å². The molecule has 4 aromatic heterocycles. The normalized spacial score (nSPS) is 13.8. The van der Waals surface area contributed by atoms with E-state index in [9.17, 15) is 5.11 Å². The molecule has 2 N–H and O–H groups in total. The summed E-state index contributed by atoms with van der Waals surface area (Å²) < 4.78 is 5.42. The first-order chi connectivity index (χ1) is 16.2. The Hall–Kier alpha value is -3.84. The molecule has 1 aliphatic carbocycles. The average Bonchev–Trinajstić information content (AvgIpc) is 3.50. The van der Waals surface area contributed by atoms with E-state index in [2.05, 4.69) is 32.2 Å². The van der Waals surface area contributed by atoms with Crippen LogP contribution < -0.4 is 0 Å². The highest BCUT2D eigenvalue weighted by Gasteiger charge is 2.30. The Morgan fingerprint density at radius 3 is 2.39 bits per heavy atom. The number of pyridine rings is 2. The molecule has 164 valence electrons. The van der Waals surface area contributed by atoms with E-state index in [1.807, 2.05) is 43.3 Å². The molecule has 7 nitrogen and oxygen atoms in total. The number of aromatic amines is 1. The summed E-state index contributed by atoms with van der Waals surface area (Å²) in [6.07, 6.45) is 5.93. The van der Waals surface area contributed by atoms with Gasteiger partial charge < -0.3 is 14.6 Å². The zero-order valence-electron chi connectivity index (χ0n) is 18.2. The molecule has 0 radical (unpaired) electrons. The predicted molar refractivity (Wildman–Crippen MR) is 124 cm³/mol. The molecule has 1 saturated carbocycles. The number of benzene rings is 1. The van der Waals surface area contributed by atoms with Gasteiger partial charge in [0, 0.05) is 23.9 Å². The summed E-state index contributed by atoms with van der Waals surface area (Å²) in [5, 5.41) is 13.9. The van der Waals surface area contributed by atoms with Gasteiger partial charge in [-0.25, -0.2) is 4.98 Å². The zero-order valence-corrected chi connectivity index (χ0v) is 18.2. The van der Waals surface area contributed by atoms with Crippen molar-refractivity contribution in [3.8, 4) is 11.1 Å². The van der Waals surface area contributed by atoms with Crippen LogP contribution in [0.3, 0.4) is 0 Å². The van der Waals surface area contributed by atoms with Crippen molar-refractivity contribution in [1.29, 1.82) is 0 Å². The van der Waals surface area contributed by atoms with Crippen LogP contribution >= 0.6 is 0 Å². The second kappa shape index (κ2) is 7.94. The lowest BCUT2D eigenvalue weighted by molar-refractivity contribution is 0.266. The van der Waals surface area contributed by atoms with Crippen LogP contribution in [0.15, 0.2) is 65.4 Å². The summed E-state index contributed by atoms with van der Waals surface area (Å²) in [7, 11) is 0. The lowest BCUT2D eigenvalue weighted by atomic mass is 9.88. The molecular formula is C26H23N5O2. The first-order valence-corrected chi connectivity index (χ1v) is 11.1. The summed E-state index contributed by atoms with van der Waals surface area (Å²) in [5.41, 5.74) is 6.92. The van der Waals surface area contributed by atoms with Crippen molar-refractivity contribution in [3.63, 3.8) is 0 Å². The average molecular weight is 438 g/mol. The van der Waals surface area contributed by atoms with Crippen LogP contribution in [0.1, 0.15) is 58.9 Å². The summed E-state index contributed by atoms with van der Waals surface area (Å²) in [5.74, 6) is 1.97. The van der Waals surface area contributed by atoms with Crippen molar-refractivity contribution in [1.82, 2.24) is 25.1 Å². The largest absolute Gasteiger partial charge is 0.390 e. The van der Waals surface area contributed by atoms with Gasteiger partial charge in [-0.1, -0.05) is 17.3 Å². The maximum atomic E-state index is 9.86.